The third-order valence-corrected chi connectivity index (χ3v) is 3.94. The highest BCUT2D eigenvalue weighted by atomic mass is 35.5. The molecule has 2 rings (SSSR count). The van der Waals surface area contributed by atoms with Crippen molar-refractivity contribution in [3.63, 3.8) is 0 Å². The van der Waals surface area contributed by atoms with Crippen LogP contribution in [0.1, 0.15) is 20.1 Å². The van der Waals surface area contributed by atoms with E-state index in [0.717, 1.165) is 10.4 Å². The highest BCUT2D eigenvalue weighted by molar-refractivity contribution is 7.14. The monoisotopic (exact) mass is 299 g/mol. The first-order valence-electron chi connectivity index (χ1n) is 5.49. The summed E-state index contributed by atoms with van der Waals surface area (Å²) in [6, 6.07) is 5.85. The number of aromatic carboxylic acids is 1. The van der Waals surface area contributed by atoms with Gasteiger partial charge in [-0.15, -0.1) is 11.3 Å². The normalized spacial score (nSPS) is 10.5. The molecule has 0 aliphatic carbocycles. The van der Waals surface area contributed by atoms with Crippen LogP contribution in [0.4, 0.5) is 10.1 Å². The molecule has 0 amide bonds. The molecule has 1 heterocycles. The average molecular weight is 300 g/mol. The Hall–Kier alpha value is -1.59. The Bertz CT molecular complexity index is 627. The van der Waals surface area contributed by atoms with Crippen molar-refractivity contribution in [3.05, 3.63) is 50.4 Å². The summed E-state index contributed by atoms with van der Waals surface area (Å²) in [5, 5.41) is 12.3. The van der Waals surface area contributed by atoms with Crippen molar-refractivity contribution < 1.29 is 14.3 Å². The molecule has 0 fully saturated rings. The molecular formula is C13H11ClFNO2S. The van der Waals surface area contributed by atoms with E-state index in [1.165, 1.54) is 29.5 Å². The summed E-state index contributed by atoms with van der Waals surface area (Å²) in [6.07, 6.45) is 0. The van der Waals surface area contributed by atoms with Crippen molar-refractivity contribution in [1.29, 1.82) is 0 Å². The molecule has 0 radical (unpaired) electrons. The van der Waals surface area contributed by atoms with Gasteiger partial charge in [0.05, 0.1) is 5.69 Å². The molecule has 0 aliphatic rings. The van der Waals surface area contributed by atoms with Gasteiger partial charge in [-0.25, -0.2) is 9.18 Å². The minimum Gasteiger partial charge on any atom is -0.477 e. The van der Waals surface area contributed by atoms with Crippen LogP contribution >= 0.6 is 22.9 Å². The number of hydrogen-bond donors (Lipinski definition) is 2. The fraction of sp³-hybridized carbons (Fsp3) is 0.154. The lowest BCUT2D eigenvalue weighted by molar-refractivity contribution is 0.0702. The average Bonchev–Trinajstić information content (AvgIpc) is 2.72. The molecule has 0 aliphatic heterocycles. The van der Waals surface area contributed by atoms with Gasteiger partial charge in [0.15, 0.2) is 0 Å². The number of carboxylic acid groups (broad SMARTS) is 1. The molecule has 2 aromatic rings. The van der Waals surface area contributed by atoms with E-state index < -0.39 is 11.8 Å². The molecule has 100 valence electrons. The van der Waals surface area contributed by atoms with Crippen LogP contribution < -0.4 is 5.32 Å². The number of hydrogen-bond acceptors (Lipinski definition) is 3. The standard InChI is InChI=1S/C13H11ClFNO2S/c1-7-8(4-12(19-7)13(17)18)6-16-11-5-9(14)2-3-10(11)15/h2-5,16H,6H2,1H3,(H,17,18). The number of aryl methyl sites for hydroxylation is 1. The Kier molecular flexibility index (Phi) is 4.07. The van der Waals surface area contributed by atoms with Crippen molar-refractivity contribution in [2.75, 3.05) is 5.32 Å². The zero-order valence-electron chi connectivity index (χ0n) is 10.0. The van der Waals surface area contributed by atoms with Crippen LogP contribution in [0.2, 0.25) is 5.02 Å². The van der Waals surface area contributed by atoms with Crippen LogP contribution in [0.25, 0.3) is 0 Å². The summed E-state index contributed by atoms with van der Waals surface area (Å²) in [4.78, 5) is 12.0. The zero-order valence-corrected chi connectivity index (χ0v) is 11.6. The van der Waals surface area contributed by atoms with E-state index in [1.54, 1.807) is 6.07 Å². The summed E-state index contributed by atoms with van der Waals surface area (Å²) in [7, 11) is 0. The molecule has 0 unspecified atom stereocenters. The van der Waals surface area contributed by atoms with Gasteiger partial charge in [-0.2, -0.15) is 0 Å². The highest BCUT2D eigenvalue weighted by Crippen LogP contribution is 2.24. The Labute approximate surface area is 118 Å². The molecule has 3 nitrogen and oxygen atoms in total. The van der Waals surface area contributed by atoms with Crippen LogP contribution in [0, 0.1) is 12.7 Å². The summed E-state index contributed by atoms with van der Waals surface area (Å²) in [5.41, 5.74) is 1.14. The molecule has 0 saturated heterocycles. The van der Waals surface area contributed by atoms with Crippen molar-refractivity contribution in [1.82, 2.24) is 0 Å². The van der Waals surface area contributed by atoms with Crippen molar-refractivity contribution in [3.8, 4) is 0 Å². The Morgan fingerprint density at radius 1 is 1.47 bits per heavy atom. The molecule has 0 atom stereocenters. The number of thiophene rings is 1. The lowest BCUT2D eigenvalue weighted by atomic mass is 10.2. The first kappa shape index (κ1) is 13.8. The highest BCUT2D eigenvalue weighted by Gasteiger charge is 2.11. The second-order valence-electron chi connectivity index (χ2n) is 3.97. The molecule has 0 spiro atoms. The van der Waals surface area contributed by atoms with Gasteiger partial charge < -0.3 is 10.4 Å². The Morgan fingerprint density at radius 2 is 2.21 bits per heavy atom. The third kappa shape index (κ3) is 3.24. The lowest BCUT2D eigenvalue weighted by Gasteiger charge is -2.07. The fourth-order valence-electron chi connectivity index (χ4n) is 1.62. The van der Waals surface area contributed by atoms with Gasteiger partial charge in [0.1, 0.15) is 10.7 Å². The first-order chi connectivity index (χ1) is 8.97. The molecule has 0 bridgehead atoms. The molecule has 2 N–H and O–H groups in total. The predicted molar refractivity (Wildman–Crippen MR) is 74.8 cm³/mol. The van der Waals surface area contributed by atoms with Gasteiger partial charge in [-0.05, 0) is 36.8 Å². The van der Waals surface area contributed by atoms with Crippen molar-refractivity contribution in [2.24, 2.45) is 0 Å². The van der Waals surface area contributed by atoms with E-state index >= 15 is 0 Å². The van der Waals surface area contributed by atoms with Gasteiger partial charge in [-0.1, -0.05) is 11.6 Å². The van der Waals surface area contributed by atoms with E-state index in [-0.39, 0.29) is 4.88 Å². The zero-order chi connectivity index (χ0) is 14.0. The first-order valence-corrected chi connectivity index (χ1v) is 6.68. The largest absolute Gasteiger partial charge is 0.477 e. The molecular weight excluding hydrogens is 289 g/mol. The molecule has 19 heavy (non-hydrogen) atoms. The van der Waals surface area contributed by atoms with Crippen LogP contribution in [0.3, 0.4) is 0 Å². The number of carboxylic acids is 1. The Balaban J connectivity index is 2.14. The quantitative estimate of drug-likeness (QED) is 0.891. The van der Waals surface area contributed by atoms with Gasteiger partial charge in [0, 0.05) is 16.4 Å². The summed E-state index contributed by atoms with van der Waals surface area (Å²) >= 11 is 7.00. The molecule has 1 aromatic heterocycles. The molecule has 1 aromatic carbocycles. The van der Waals surface area contributed by atoms with Gasteiger partial charge in [0.2, 0.25) is 0 Å². The van der Waals surface area contributed by atoms with E-state index in [1.807, 2.05) is 6.92 Å². The maximum Gasteiger partial charge on any atom is 0.345 e. The lowest BCUT2D eigenvalue weighted by Crippen LogP contribution is -2.01. The second-order valence-corrected chi connectivity index (χ2v) is 5.67. The molecule has 6 heteroatoms. The third-order valence-electron chi connectivity index (χ3n) is 2.63. The van der Waals surface area contributed by atoms with E-state index in [0.29, 0.717) is 17.3 Å². The Morgan fingerprint density at radius 3 is 2.84 bits per heavy atom. The maximum absolute atomic E-state index is 13.5. The van der Waals surface area contributed by atoms with Gasteiger partial charge in [0.25, 0.3) is 0 Å². The maximum atomic E-state index is 13.5. The van der Waals surface area contributed by atoms with E-state index in [4.69, 9.17) is 16.7 Å². The fourth-order valence-corrected chi connectivity index (χ4v) is 2.68. The predicted octanol–water partition coefficient (Wildman–Crippen LogP) is 4.16. The minimum atomic E-state index is -0.951. The van der Waals surface area contributed by atoms with Crippen LogP contribution in [-0.4, -0.2) is 11.1 Å². The summed E-state index contributed by atoms with van der Waals surface area (Å²) in [5.74, 6) is -1.34. The summed E-state index contributed by atoms with van der Waals surface area (Å²) < 4.78 is 13.5. The molecule has 0 saturated carbocycles. The number of rotatable bonds is 4. The second kappa shape index (κ2) is 5.59. The minimum absolute atomic E-state index is 0.279. The number of anilines is 1. The van der Waals surface area contributed by atoms with Crippen LogP contribution in [0.5, 0.6) is 0 Å². The van der Waals surface area contributed by atoms with Crippen LogP contribution in [0.15, 0.2) is 24.3 Å². The van der Waals surface area contributed by atoms with Crippen LogP contribution in [-0.2, 0) is 6.54 Å². The van der Waals surface area contributed by atoms with E-state index in [2.05, 4.69) is 5.32 Å². The topological polar surface area (TPSA) is 49.3 Å². The summed E-state index contributed by atoms with van der Waals surface area (Å²) in [6.45, 7) is 2.19. The number of halogens is 2. The number of carbonyl (C=O) groups is 1. The van der Waals surface area contributed by atoms with Crippen molar-refractivity contribution >= 4 is 34.6 Å². The smallest absolute Gasteiger partial charge is 0.345 e. The van der Waals surface area contributed by atoms with Crippen molar-refractivity contribution in [2.45, 2.75) is 13.5 Å². The van der Waals surface area contributed by atoms with E-state index in [9.17, 15) is 9.18 Å². The SMILES string of the molecule is Cc1sc(C(=O)O)cc1CNc1cc(Cl)ccc1F. The van der Waals surface area contributed by atoms with Gasteiger partial charge >= 0.3 is 5.97 Å². The number of nitrogens with one attached hydrogen (secondary N) is 1. The number of benzene rings is 1. The van der Waals surface area contributed by atoms with Gasteiger partial charge in [-0.3, -0.25) is 0 Å².